The zero-order valence-corrected chi connectivity index (χ0v) is 10.8. The molecule has 1 aromatic rings. The summed E-state index contributed by atoms with van der Waals surface area (Å²) in [6.45, 7) is 5.24. The Kier molecular flexibility index (Phi) is 4.25. The standard InChI is InChI=1S/C12H16N2O4/c1-12(2,3)18-11(16)14-8-6-5-7-13-9(8)10(15)17-4/h5-7H,1-4H3,(H,14,16). The highest BCUT2D eigenvalue weighted by molar-refractivity contribution is 5.97. The van der Waals surface area contributed by atoms with Crippen LogP contribution in [0.5, 0.6) is 0 Å². The Hall–Kier alpha value is -2.11. The number of hydrogen-bond donors (Lipinski definition) is 1. The zero-order chi connectivity index (χ0) is 13.8. The fourth-order valence-corrected chi connectivity index (χ4v) is 1.18. The van der Waals surface area contributed by atoms with Crippen LogP contribution in [0.4, 0.5) is 10.5 Å². The van der Waals surface area contributed by atoms with Crippen molar-refractivity contribution in [3.05, 3.63) is 24.0 Å². The van der Waals surface area contributed by atoms with Gasteiger partial charge in [0, 0.05) is 6.20 Å². The molecule has 0 bridgehead atoms. The number of methoxy groups -OCH3 is 1. The number of aromatic nitrogens is 1. The number of esters is 1. The Balaban J connectivity index is 2.85. The first-order chi connectivity index (χ1) is 8.33. The maximum absolute atomic E-state index is 11.6. The predicted molar refractivity (Wildman–Crippen MR) is 65.4 cm³/mol. The van der Waals surface area contributed by atoms with Crippen molar-refractivity contribution < 1.29 is 19.1 Å². The second kappa shape index (κ2) is 5.48. The molecule has 0 unspecified atom stereocenters. The van der Waals surface area contributed by atoms with Crippen LogP contribution in [0.15, 0.2) is 18.3 Å². The Morgan fingerprint density at radius 1 is 1.33 bits per heavy atom. The molecule has 6 heteroatoms. The van der Waals surface area contributed by atoms with Crippen molar-refractivity contribution in [3.8, 4) is 0 Å². The molecule has 1 N–H and O–H groups in total. The number of amides is 1. The van der Waals surface area contributed by atoms with Gasteiger partial charge in [0.05, 0.1) is 12.8 Å². The molecule has 1 aromatic heterocycles. The normalized spacial score (nSPS) is 10.7. The average molecular weight is 252 g/mol. The third-order valence-corrected chi connectivity index (χ3v) is 1.82. The van der Waals surface area contributed by atoms with Gasteiger partial charge in [0.15, 0.2) is 5.69 Å². The van der Waals surface area contributed by atoms with Crippen molar-refractivity contribution in [2.45, 2.75) is 26.4 Å². The smallest absolute Gasteiger partial charge is 0.412 e. The lowest BCUT2D eigenvalue weighted by atomic mass is 10.2. The average Bonchev–Trinajstić information content (AvgIpc) is 2.26. The fraction of sp³-hybridized carbons (Fsp3) is 0.417. The quantitative estimate of drug-likeness (QED) is 0.816. The van der Waals surface area contributed by atoms with Gasteiger partial charge >= 0.3 is 12.1 Å². The topological polar surface area (TPSA) is 77.5 Å². The van der Waals surface area contributed by atoms with Gasteiger partial charge < -0.3 is 9.47 Å². The summed E-state index contributed by atoms with van der Waals surface area (Å²) in [4.78, 5) is 26.9. The minimum atomic E-state index is -0.652. The van der Waals surface area contributed by atoms with Gasteiger partial charge in [0.1, 0.15) is 5.60 Å². The van der Waals surface area contributed by atoms with Crippen LogP contribution in [0.1, 0.15) is 31.3 Å². The maximum Gasteiger partial charge on any atom is 0.412 e. The van der Waals surface area contributed by atoms with E-state index in [2.05, 4.69) is 15.0 Å². The van der Waals surface area contributed by atoms with Gasteiger partial charge in [-0.1, -0.05) is 0 Å². The first-order valence-electron chi connectivity index (χ1n) is 5.37. The van der Waals surface area contributed by atoms with Gasteiger partial charge in [0.25, 0.3) is 0 Å². The van der Waals surface area contributed by atoms with Crippen LogP contribution in [0.2, 0.25) is 0 Å². The number of carbonyl (C=O) groups excluding carboxylic acids is 2. The molecule has 0 saturated carbocycles. The van der Waals surface area contributed by atoms with E-state index in [0.29, 0.717) is 0 Å². The fourth-order valence-electron chi connectivity index (χ4n) is 1.18. The number of nitrogens with one attached hydrogen (secondary N) is 1. The van der Waals surface area contributed by atoms with Crippen molar-refractivity contribution in [2.24, 2.45) is 0 Å². The van der Waals surface area contributed by atoms with E-state index in [1.54, 1.807) is 32.9 Å². The van der Waals surface area contributed by atoms with Crippen LogP contribution in [-0.4, -0.2) is 29.8 Å². The van der Waals surface area contributed by atoms with E-state index in [1.807, 2.05) is 0 Å². The maximum atomic E-state index is 11.6. The Morgan fingerprint density at radius 3 is 2.56 bits per heavy atom. The third kappa shape index (κ3) is 4.04. The van der Waals surface area contributed by atoms with E-state index in [4.69, 9.17) is 4.74 Å². The van der Waals surface area contributed by atoms with Gasteiger partial charge in [-0.15, -0.1) is 0 Å². The second-order valence-corrected chi connectivity index (χ2v) is 4.52. The highest BCUT2D eigenvalue weighted by atomic mass is 16.6. The molecule has 0 spiro atoms. The molecule has 1 amide bonds. The molecule has 0 aliphatic rings. The van der Waals surface area contributed by atoms with Gasteiger partial charge in [0.2, 0.25) is 0 Å². The SMILES string of the molecule is COC(=O)c1ncccc1NC(=O)OC(C)(C)C. The molecule has 0 aliphatic heterocycles. The van der Waals surface area contributed by atoms with Gasteiger partial charge in [-0.05, 0) is 32.9 Å². The number of carbonyl (C=O) groups is 2. The number of ether oxygens (including phenoxy) is 2. The molecule has 0 fully saturated rings. The summed E-state index contributed by atoms with van der Waals surface area (Å²) in [5.41, 5.74) is -0.331. The molecule has 0 aliphatic carbocycles. The van der Waals surface area contributed by atoms with Crippen molar-refractivity contribution in [1.82, 2.24) is 4.98 Å². The molecule has 98 valence electrons. The number of anilines is 1. The largest absolute Gasteiger partial charge is 0.464 e. The summed E-state index contributed by atoms with van der Waals surface area (Å²) in [6.07, 6.45) is 0.785. The molecule has 1 rings (SSSR count). The molecule has 0 aromatic carbocycles. The number of rotatable bonds is 2. The molecular formula is C12H16N2O4. The molecule has 6 nitrogen and oxygen atoms in total. The van der Waals surface area contributed by atoms with Crippen molar-refractivity contribution in [2.75, 3.05) is 12.4 Å². The summed E-state index contributed by atoms with van der Waals surface area (Å²) >= 11 is 0. The van der Waals surface area contributed by atoms with E-state index in [-0.39, 0.29) is 11.4 Å². The Labute approximate surface area is 105 Å². The molecule has 0 atom stereocenters. The van der Waals surface area contributed by atoms with Gasteiger partial charge in [-0.3, -0.25) is 5.32 Å². The van der Waals surface area contributed by atoms with E-state index in [0.717, 1.165) is 0 Å². The molecule has 1 heterocycles. The summed E-state index contributed by atoms with van der Waals surface area (Å²) in [5, 5.41) is 2.46. The van der Waals surface area contributed by atoms with Crippen LogP contribution in [-0.2, 0) is 9.47 Å². The number of hydrogen-bond acceptors (Lipinski definition) is 5. The lowest BCUT2D eigenvalue weighted by Gasteiger charge is -2.20. The highest BCUT2D eigenvalue weighted by Crippen LogP contribution is 2.15. The second-order valence-electron chi connectivity index (χ2n) is 4.52. The summed E-state index contributed by atoms with van der Waals surface area (Å²) < 4.78 is 9.65. The van der Waals surface area contributed by atoms with Crippen molar-refractivity contribution in [3.63, 3.8) is 0 Å². The van der Waals surface area contributed by atoms with Crippen molar-refractivity contribution >= 4 is 17.7 Å². The van der Waals surface area contributed by atoms with Crippen LogP contribution in [0, 0.1) is 0 Å². The predicted octanol–water partition coefficient (Wildman–Crippen LogP) is 2.22. The monoisotopic (exact) mass is 252 g/mol. The van der Waals surface area contributed by atoms with Crippen LogP contribution in [0.25, 0.3) is 0 Å². The Morgan fingerprint density at radius 2 is 2.00 bits per heavy atom. The molecule has 18 heavy (non-hydrogen) atoms. The van der Waals surface area contributed by atoms with Crippen LogP contribution >= 0.6 is 0 Å². The lowest BCUT2D eigenvalue weighted by Crippen LogP contribution is -2.28. The van der Waals surface area contributed by atoms with Crippen LogP contribution < -0.4 is 5.32 Å². The number of pyridine rings is 1. The summed E-state index contributed by atoms with van der Waals surface area (Å²) in [7, 11) is 1.24. The first kappa shape index (κ1) is 14.0. The first-order valence-corrected chi connectivity index (χ1v) is 5.37. The molecule has 0 radical (unpaired) electrons. The van der Waals surface area contributed by atoms with Crippen LogP contribution in [0.3, 0.4) is 0 Å². The minimum absolute atomic E-state index is 0.0332. The third-order valence-electron chi connectivity index (χ3n) is 1.82. The zero-order valence-electron chi connectivity index (χ0n) is 10.8. The lowest BCUT2D eigenvalue weighted by molar-refractivity contribution is 0.0595. The minimum Gasteiger partial charge on any atom is -0.464 e. The van der Waals surface area contributed by atoms with Gasteiger partial charge in [-0.2, -0.15) is 0 Å². The summed E-state index contributed by atoms with van der Waals surface area (Å²) in [6, 6.07) is 3.14. The summed E-state index contributed by atoms with van der Waals surface area (Å²) in [5.74, 6) is -0.623. The van der Waals surface area contributed by atoms with E-state index in [9.17, 15) is 9.59 Å². The van der Waals surface area contributed by atoms with Gasteiger partial charge in [-0.25, -0.2) is 14.6 Å². The van der Waals surface area contributed by atoms with Crippen molar-refractivity contribution in [1.29, 1.82) is 0 Å². The number of nitrogens with zero attached hydrogens (tertiary/aromatic N) is 1. The van der Waals surface area contributed by atoms with E-state index in [1.165, 1.54) is 13.3 Å². The van der Waals surface area contributed by atoms with E-state index >= 15 is 0 Å². The molecule has 0 saturated heterocycles. The van der Waals surface area contributed by atoms with E-state index < -0.39 is 17.7 Å². The Bertz CT molecular complexity index is 452. The molecular weight excluding hydrogens is 236 g/mol. The highest BCUT2D eigenvalue weighted by Gasteiger charge is 2.19.